The van der Waals surface area contributed by atoms with Gasteiger partial charge in [0.05, 0.1) is 5.56 Å². The summed E-state index contributed by atoms with van der Waals surface area (Å²) in [4.78, 5) is 26.8. The Morgan fingerprint density at radius 2 is 2.10 bits per heavy atom. The lowest BCUT2D eigenvalue weighted by atomic mass is 10.1. The SMILES string of the molecule is Cl.NCC(NC(=O)c1cc(=O)[nH]c2ccccc12)C1CC1. The van der Waals surface area contributed by atoms with Crippen LogP contribution in [0.1, 0.15) is 23.2 Å². The van der Waals surface area contributed by atoms with Crippen LogP contribution in [0.5, 0.6) is 0 Å². The Balaban J connectivity index is 0.00000161. The molecule has 4 N–H and O–H groups in total. The zero-order valence-electron chi connectivity index (χ0n) is 11.5. The number of aromatic nitrogens is 1. The normalized spacial score (nSPS) is 15.3. The number of para-hydroxylation sites is 1. The maximum Gasteiger partial charge on any atom is 0.252 e. The van der Waals surface area contributed by atoms with Crippen molar-refractivity contribution in [2.24, 2.45) is 11.7 Å². The van der Waals surface area contributed by atoms with E-state index >= 15 is 0 Å². The quantitative estimate of drug-likeness (QED) is 0.798. The van der Waals surface area contributed by atoms with Crippen LogP contribution in [0, 0.1) is 5.92 Å². The van der Waals surface area contributed by atoms with Crippen molar-refractivity contribution in [3.8, 4) is 0 Å². The molecule has 0 radical (unpaired) electrons. The molecule has 1 unspecified atom stereocenters. The highest BCUT2D eigenvalue weighted by Gasteiger charge is 2.31. The van der Waals surface area contributed by atoms with Gasteiger partial charge >= 0.3 is 0 Å². The Bertz CT molecular complexity index is 709. The van der Waals surface area contributed by atoms with Crippen LogP contribution in [0.25, 0.3) is 10.9 Å². The van der Waals surface area contributed by atoms with Crippen LogP contribution >= 0.6 is 12.4 Å². The molecule has 1 atom stereocenters. The largest absolute Gasteiger partial charge is 0.348 e. The first-order chi connectivity index (χ1) is 9.69. The van der Waals surface area contributed by atoms with Crippen molar-refractivity contribution < 1.29 is 4.79 Å². The fraction of sp³-hybridized carbons (Fsp3) is 0.333. The predicted molar refractivity (Wildman–Crippen MR) is 84.8 cm³/mol. The summed E-state index contributed by atoms with van der Waals surface area (Å²) in [5.41, 5.74) is 6.50. The summed E-state index contributed by atoms with van der Waals surface area (Å²) in [5, 5.41) is 3.69. The van der Waals surface area contributed by atoms with Crippen LogP contribution in [-0.2, 0) is 0 Å². The zero-order chi connectivity index (χ0) is 14.1. The molecule has 1 heterocycles. The lowest BCUT2D eigenvalue weighted by molar-refractivity contribution is 0.0935. The van der Waals surface area contributed by atoms with Crippen molar-refractivity contribution in [2.45, 2.75) is 18.9 Å². The van der Waals surface area contributed by atoms with Crippen molar-refractivity contribution in [3.05, 3.63) is 46.2 Å². The summed E-state index contributed by atoms with van der Waals surface area (Å²) in [7, 11) is 0. The number of amides is 1. The van der Waals surface area contributed by atoms with E-state index in [1.54, 1.807) is 6.07 Å². The molecule has 112 valence electrons. The molecule has 5 nitrogen and oxygen atoms in total. The Kier molecular flexibility index (Phi) is 4.65. The fourth-order valence-corrected chi connectivity index (χ4v) is 2.51. The lowest BCUT2D eigenvalue weighted by Crippen LogP contribution is -2.42. The van der Waals surface area contributed by atoms with E-state index in [1.165, 1.54) is 6.07 Å². The molecule has 0 saturated heterocycles. The molecular formula is C15H18ClN3O2. The van der Waals surface area contributed by atoms with Crippen molar-refractivity contribution >= 4 is 29.2 Å². The minimum absolute atomic E-state index is 0. The van der Waals surface area contributed by atoms with E-state index in [1.807, 2.05) is 18.2 Å². The summed E-state index contributed by atoms with van der Waals surface area (Å²) in [6, 6.07) is 8.63. The molecule has 1 aliphatic rings. The van der Waals surface area contributed by atoms with Gasteiger partial charge < -0.3 is 16.0 Å². The Hall–Kier alpha value is -1.85. The topological polar surface area (TPSA) is 88.0 Å². The third-order valence-electron chi connectivity index (χ3n) is 3.76. The molecule has 0 bridgehead atoms. The van der Waals surface area contributed by atoms with Crippen LogP contribution in [0.3, 0.4) is 0 Å². The molecule has 2 aromatic rings. The Morgan fingerprint density at radius 1 is 1.38 bits per heavy atom. The Morgan fingerprint density at radius 3 is 2.76 bits per heavy atom. The molecule has 0 aliphatic heterocycles. The third-order valence-corrected chi connectivity index (χ3v) is 3.76. The van der Waals surface area contributed by atoms with E-state index in [-0.39, 0.29) is 29.9 Å². The summed E-state index contributed by atoms with van der Waals surface area (Å²) in [5.74, 6) is 0.256. The van der Waals surface area contributed by atoms with Gasteiger partial charge in [-0.15, -0.1) is 12.4 Å². The first-order valence-corrected chi connectivity index (χ1v) is 6.82. The van der Waals surface area contributed by atoms with Gasteiger partial charge in [0.2, 0.25) is 5.56 Å². The summed E-state index contributed by atoms with van der Waals surface area (Å²) in [6.07, 6.45) is 2.22. The Labute approximate surface area is 128 Å². The number of carbonyl (C=O) groups is 1. The van der Waals surface area contributed by atoms with Crippen molar-refractivity contribution in [2.75, 3.05) is 6.54 Å². The summed E-state index contributed by atoms with van der Waals surface area (Å²) >= 11 is 0. The maximum absolute atomic E-state index is 12.4. The van der Waals surface area contributed by atoms with E-state index < -0.39 is 0 Å². The van der Waals surface area contributed by atoms with Crippen molar-refractivity contribution in [1.29, 1.82) is 0 Å². The average Bonchev–Trinajstić information content (AvgIpc) is 3.28. The van der Waals surface area contributed by atoms with E-state index in [0.717, 1.165) is 18.2 Å². The van der Waals surface area contributed by atoms with E-state index in [0.29, 0.717) is 23.5 Å². The standard InChI is InChI=1S/C15H17N3O2.ClH/c16-8-13(9-5-6-9)18-15(20)11-7-14(19)17-12-4-2-1-3-10(11)12;/h1-4,7,9,13H,5-6,8,16H2,(H,17,19)(H,18,20);1H. The van der Waals surface area contributed by atoms with Crippen molar-refractivity contribution in [3.63, 3.8) is 0 Å². The molecule has 6 heteroatoms. The fourth-order valence-electron chi connectivity index (χ4n) is 2.51. The van der Waals surface area contributed by atoms with Crippen LogP contribution in [0.2, 0.25) is 0 Å². The lowest BCUT2D eigenvalue weighted by Gasteiger charge is -2.16. The van der Waals surface area contributed by atoms with Crippen molar-refractivity contribution in [1.82, 2.24) is 10.3 Å². The van der Waals surface area contributed by atoms with Crippen LogP contribution in [0.4, 0.5) is 0 Å². The molecule has 21 heavy (non-hydrogen) atoms. The summed E-state index contributed by atoms with van der Waals surface area (Å²) in [6.45, 7) is 0.428. The van der Waals surface area contributed by atoms with Gasteiger partial charge in [0.1, 0.15) is 0 Å². The number of hydrogen-bond donors (Lipinski definition) is 3. The molecule has 0 spiro atoms. The number of hydrogen-bond acceptors (Lipinski definition) is 3. The van der Waals surface area contributed by atoms with Crippen LogP contribution < -0.4 is 16.6 Å². The van der Waals surface area contributed by atoms with E-state index in [4.69, 9.17) is 5.73 Å². The molecule has 1 aromatic carbocycles. The monoisotopic (exact) mass is 307 g/mol. The van der Waals surface area contributed by atoms with Gasteiger partial charge in [-0.05, 0) is 24.8 Å². The first kappa shape index (κ1) is 15.5. The summed E-state index contributed by atoms with van der Waals surface area (Å²) < 4.78 is 0. The number of nitrogens with one attached hydrogen (secondary N) is 2. The second kappa shape index (κ2) is 6.28. The molecular weight excluding hydrogens is 290 g/mol. The number of carbonyl (C=O) groups excluding carboxylic acids is 1. The van der Waals surface area contributed by atoms with Gasteiger partial charge in [0.15, 0.2) is 0 Å². The highest BCUT2D eigenvalue weighted by Crippen LogP contribution is 2.32. The molecule has 1 amide bonds. The number of rotatable bonds is 4. The van der Waals surface area contributed by atoms with Crippen LogP contribution in [0.15, 0.2) is 35.1 Å². The van der Waals surface area contributed by atoms with Gasteiger partial charge in [-0.25, -0.2) is 0 Å². The number of H-pyrrole nitrogens is 1. The van der Waals surface area contributed by atoms with Gasteiger partial charge in [0.25, 0.3) is 5.91 Å². The van der Waals surface area contributed by atoms with Gasteiger partial charge in [-0.1, -0.05) is 18.2 Å². The second-order valence-corrected chi connectivity index (χ2v) is 5.25. The highest BCUT2D eigenvalue weighted by atomic mass is 35.5. The van der Waals surface area contributed by atoms with E-state index in [9.17, 15) is 9.59 Å². The second-order valence-electron chi connectivity index (χ2n) is 5.25. The smallest absolute Gasteiger partial charge is 0.252 e. The number of nitrogens with two attached hydrogens (primary N) is 1. The average molecular weight is 308 g/mol. The first-order valence-electron chi connectivity index (χ1n) is 6.82. The number of aromatic amines is 1. The zero-order valence-corrected chi connectivity index (χ0v) is 12.3. The molecule has 1 aliphatic carbocycles. The molecule has 1 aromatic heterocycles. The van der Waals surface area contributed by atoms with Gasteiger partial charge in [0, 0.05) is 29.6 Å². The maximum atomic E-state index is 12.4. The molecule has 1 saturated carbocycles. The molecule has 1 fully saturated rings. The molecule has 3 rings (SSSR count). The van der Waals surface area contributed by atoms with E-state index in [2.05, 4.69) is 10.3 Å². The number of fused-ring (bicyclic) bond motifs is 1. The minimum atomic E-state index is -0.274. The minimum Gasteiger partial charge on any atom is -0.348 e. The number of pyridine rings is 1. The predicted octanol–water partition coefficient (Wildman–Crippen LogP) is 1.42. The van der Waals surface area contributed by atoms with Gasteiger partial charge in [-0.2, -0.15) is 0 Å². The van der Waals surface area contributed by atoms with Gasteiger partial charge in [-0.3, -0.25) is 9.59 Å². The van der Waals surface area contributed by atoms with Crippen LogP contribution in [-0.4, -0.2) is 23.5 Å². The number of halogens is 1. The third kappa shape index (κ3) is 3.25. The highest BCUT2D eigenvalue weighted by molar-refractivity contribution is 6.06. The number of benzene rings is 1.